The highest BCUT2D eigenvalue weighted by Gasteiger charge is 2.35. The summed E-state index contributed by atoms with van der Waals surface area (Å²) in [4.78, 5) is 27.7. The molecule has 1 heterocycles. The van der Waals surface area contributed by atoms with E-state index in [0.717, 1.165) is 50.0 Å². The molecule has 0 saturated carbocycles. The maximum atomic E-state index is 13.3. The van der Waals surface area contributed by atoms with Crippen LogP contribution in [0.15, 0.2) is 108 Å². The zero-order chi connectivity index (χ0) is 27.5. The molecule has 0 aromatic heterocycles. The lowest BCUT2D eigenvalue weighted by molar-refractivity contribution is -0.123. The van der Waals surface area contributed by atoms with Crippen molar-refractivity contribution in [2.75, 3.05) is 13.2 Å². The third-order valence-corrected chi connectivity index (χ3v) is 7.85. The van der Waals surface area contributed by atoms with E-state index in [-0.39, 0.29) is 24.3 Å². The normalized spacial score (nSPS) is 14.4. The predicted octanol–water partition coefficient (Wildman–Crippen LogP) is 8.00. The van der Waals surface area contributed by atoms with Crippen LogP contribution in [0.25, 0.3) is 27.6 Å². The van der Waals surface area contributed by atoms with Crippen LogP contribution in [0.5, 0.6) is 11.5 Å². The molecule has 2 amide bonds. The van der Waals surface area contributed by atoms with Gasteiger partial charge in [-0.05, 0) is 70.1 Å². The molecule has 6 rings (SSSR count). The highest BCUT2D eigenvalue weighted by Crippen LogP contribution is 2.37. The Kier molecular flexibility index (Phi) is 7.25. The Morgan fingerprint density at radius 2 is 1.45 bits per heavy atom. The van der Waals surface area contributed by atoms with Crippen LogP contribution in [-0.4, -0.2) is 29.2 Å². The average Bonchev–Trinajstić information content (AvgIpc) is 3.25. The first-order valence-corrected chi connectivity index (χ1v) is 13.9. The number of fused-ring (bicyclic) bond motifs is 2. The highest BCUT2D eigenvalue weighted by molar-refractivity contribution is 8.18. The molecular weight excluding hydrogens is 518 g/mol. The number of rotatable bonds is 8. The number of amides is 2. The van der Waals surface area contributed by atoms with Gasteiger partial charge in [0.05, 0.1) is 11.4 Å². The zero-order valence-electron chi connectivity index (χ0n) is 22.0. The van der Waals surface area contributed by atoms with Crippen molar-refractivity contribution in [2.24, 2.45) is 0 Å². The summed E-state index contributed by atoms with van der Waals surface area (Å²) < 4.78 is 12.1. The molecule has 0 atom stereocenters. The number of thioether (sulfide) groups is 1. The molecule has 40 heavy (non-hydrogen) atoms. The SMILES string of the molecule is Cc1ccc(OCCN2C(=O)S/C(=C\c3c(OCc4cccc5ccccc45)ccc4ccccc34)C2=O)cc1. The molecule has 0 aliphatic carbocycles. The standard InChI is InChI=1S/C34H27NO4S/c1-23-13-16-27(17-14-23)38-20-19-35-33(36)32(40-34(35)37)21-30-29-12-5-3-8-25(29)15-18-31(30)39-22-26-10-6-9-24-7-2-4-11-28(24)26/h2-18,21H,19-20,22H2,1H3/b32-21-. The van der Waals surface area contributed by atoms with Gasteiger partial charge in [-0.25, -0.2) is 0 Å². The largest absolute Gasteiger partial charge is 0.492 e. The molecule has 1 aliphatic rings. The summed E-state index contributed by atoms with van der Waals surface area (Å²) in [6.45, 7) is 2.78. The van der Waals surface area contributed by atoms with Gasteiger partial charge < -0.3 is 9.47 Å². The lowest BCUT2D eigenvalue weighted by Gasteiger charge is -2.14. The molecule has 5 aromatic rings. The zero-order valence-corrected chi connectivity index (χ0v) is 22.8. The topological polar surface area (TPSA) is 55.8 Å². The van der Waals surface area contributed by atoms with E-state index in [2.05, 4.69) is 24.3 Å². The average molecular weight is 546 g/mol. The summed E-state index contributed by atoms with van der Waals surface area (Å²) in [6, 6.07) is 34.0. The Morgan fingerprint density at radius 3 is 2.25 bits per heavy atom. The maximum Gasteiger partial charge on any atom is 0.293 e. The van der Waals surface area contributed by atoms with Crippen LogP contribution in [0.2, 0.25) is 0 Å². The minimum absolute atomic E-state index is 0.176. The molecule has 6 heteroatoms. The van der Waals surface area contributed by atoms with Crippen LogP contribution < -0.4 is 9.47 Å². The van der Waals surface area contributed by atoms with Crippen molar-refractivity contribution in [3.8, 4) is 11.5 Å². The van der Waals surface area contributed by atoms with E-state index in [0.29, 0.717) is 23.0 Å². The minimum Gasteiger partial charge on any atom is -0.492 e. The van der Waals surface area contributed by atoms with Gasteiger partial charge in [0.2, 0.25) is 0 Å². The first-order valence-electron chi connectivity index (χ1n) is 13.1. The van der Waals surface area contributed by atoms with Crippen molar-refractivity contribution in [1.82, 2.24) is 4.90 Å². The van der Waals surface area contributed by atoms with Crippen molar-refractivity contribution in [1.29, 1.82) is 0 Å². The van der Waals surface area contributed by atoms with Gasteiger partial charge in [0, 0.05) is 5.56 Å². The van der Waals surface area contributed by atoms with Gasteiger partial charge in [-0.2, -0.15) is 0 Å². The molecular formula is C34H27NO4S. The summed E-state index contributed by atoms with van der Waals surface area (Å²) in [5.74, 6) is 1.04. The lowest BCUT2D eigenvalue weighted by Crippen LogP contribution is -2.32. The molecule has 0 spiro atoms. The Balaban J connectivity index is 1.25. The number of nitrogens with zero attached hydrogens (tertiary/aromatic N) is 1. The number of benzene rings is 5. The van der Waals surface area contributed by atoms with Crippen molar-refractivity contribution < 1.29 is 19.1 Å². The number of carbonyl (C=O) groups excluding carboxylic acids is 2. The van der Waals surface area contributed by atoms with E-state index in [1.807, 2.05) is 85.8 Å². The van der Waals surface area contributed by atoms with Crippen LogP contribution >= 0.6 is 11.8 Å². The van der Waals surface area contributed by atoms with E-state index in [1.54, 1.807) is 6.08 Å². The third-order valence-electron chi connectivity index (χ3n) is 6.95. The fourth-order valence-electron chi connectivity index (χ4n) is 4.84. The molecule has 0 bridgehead atoms. The van der Waals surface area contributed by atoms with E-state index in [4.69, 9.17) is 9.47 Å². The fraction of sp³-hybridized carbons (Fsp3) is 0.118. The third kappa shape index (κ3) is 5.31. The van der Waals surface area contributed by atoms with E-state index < -0.39 is 0 Å². The Morgan fingerprint density at radius 1 is 0.750 bits per heavy atom. The number of hydrogen-bond acceptors (Lipinski definition) is 5. The molecule has 5 aromatic carbocycles. The van der Waals surface area contributed by atoms with Crippen LogP contribution in [0.3, 0.4) is 0 Å². The van der Waals surface area contributed by atoms with Gasteiger partial charge in [-0.3, -0.25) is 14.5 Å². The second kappa shape index (κ2) is 11.3. The predicted molar refractivity (Wildman–Crippen MR) is 162 cm³/mol. The molecule has 0 unspecified atom stereocenters. The molecule has 0 N–H and O–H groups in total. The first kappa shape index (κ1) is 25.7. The maximum absolute atomic E-state index is 13.3. The van der Waals surface area contributed by atoms with E-state index in [1.165, 1.54) is 4.90 Å². The number of imide groups is 1. The van der Waals surface area contributed by atoms with Gasteiger partial charge in [-0.1, -0.05) is 90.5 Å². The second-order valence-corrected chi connectivity index (χ2v) is 10.6. The minimum atomic E-state index is -0.324. The fourth-order valence-corrected chi connectivity index (χ4v) is 5.68. The number of aryl methyl sites for hydroxylation is 1. The Labute approximate surface area is 237 Å². The number of hydrogen-bond donors (Lipinski definition) is 0. The van der Waals surface area contributed by atoms with Crippen LogP contribution in [0.1, 0.15) is 16.7 Å². The summed E-state index contributed by atoms with van der Waals surface area (Å²) in [6.07, 6.45) is 1.78. The molecule has 198 valence electrons. The molecule has 0 radical (unpaired) electrons. The molecule has 1 aliphatic heterocycles. The quantitative estimate of drug-likeness (QED) is 0.185. The molecule has 1 saturated heterocycles. The second-order valence-electron chi connectivity index (χ2n) is 9.62. The Hall–Kier alpha value is -4.55. The van der Waals surface area contributed by atoms with Gasteiger partial charge in [-0.15, -0.1) is 0 Å². The van der Waals surface area contributed by atoms with Crippen molar-refractivity contribution in [3.05, 3.63) is 125 Å². The monoisotopic (exact) mass is 545 g/mol. The van der Waals surface area contributed by atoms with Crippen molar-refractivity contribution in [3.63, 3.8) is 0 Å². The lowest BCUT2D eigenvalue weighted by atomic mass is 10.0. The smallest absolute Gasteiger partial charge is 0.293 e. The van der Waals surface area contributed by atoms with Crippen LogP contribution in [0, 0.1) is 6.92 Å². The summed E-state index contributed by atoms with van der Waals surface area (Å²) >= 11 is 0.946. The first-order chi connectivity index (χ1) is 19.6. The van der Waals surface area contributed by atoms with E-state index in [9.17, 15) is 9.59 Å². The molecule has 1 fully saturated rings. The van der Waals surface area contributed by atoms with Gasteiger partial charge in [0.25, 0.3) is 11.1 Å². The van der Waals surface area contributed by atoms with Gasteiger partial charge in [0.15, 0.2) is 0 Å². The number of carbonyl (C=O) groups is 2. The summed E-state index contributed by atoms with van der Waals surface area (Å²) in [5, 5.41) is 3.97. The highest BCUT2D eigenvalue weighted by atomic mass is 32.2. The number of ether oxygens (including phenoxy) is 2. The van der Waals surface area contributed by atoms with Crippen LogP contribution in [0.4, 0.5) is 4.79 Å². The Bertz CT molecular complexity index is 1750. The van der Waals surface area contributed by atoms with Crippen molar-refractivity contribution >= 4 is 50.5 Å². The summed E-state index contributed by atoms with van der Waals surface area (Å²) in [7, 11) is 0. The summed E-state index contributed by atoms with van der Waals surface area (Å²) in [5.41, 5.74) is 2.99. The van der Waals surface area contributed by atoms with Crippen LogP contribution in [-0.2, 0) is 11.4 Å². The van der Waals surface area contributed by atoms with Gasteiger partial charge >= 0.3 is 0 Å². The molecule has 5 nitrogen and oxygen atoms in total. The van der Waals surface area contributed by atoms with Gasteiger partial charge in [0.1, 0.15) is 24.7 Å². The van der Waals surface area contributed by atoms with E-state index >= 15 is 0 Å². The van der Waals surface area contributed by atoms with Crippen molar-refractivity contribution in [2.45, 2.75) is 13.5 Å².